The van der Waals surface area contributed by atoms with Crippen molar-refractivity contribution in [2.24, 2.45) is 7.05 Å². The minimum Gasteiger partial charge on any atom is -0.479 e. The third kappa shape index (κ3) is 5.52. The zero-order valence-electron chi connectivity index (χ0n) is 18.4. The number of hydrazine groups is 1. The van der Waals surface area contributed by atoms with E-state index in [0.717, 1.165) is 5.56 Å². The van der Waals surface area contributed by atoms with Gasteiger partial charge in [0.1, 0.15) is 5.82 Å². The van der Waals surface area contributed by atoms with E-state index in [4.69, 9.17) is 20.9 Å². The Morgan fingerprint density at radius 2 is 1.94 bits per heavy atom. The van der Waals surface area contributed by atoms with E-state index in [1.54, 1.807) is 37.4 Å². The second-order valence-corrected chi connectivity index (χ2v) is 7.54. The lowest BCUT2D eigenvalue weighted by molar-refractivity contribution is 0.0899. The lowest BCUT2D eigenvalue weighted by Gasteiger charge is -2.11. The second-order valence-electron chi connectivity index (χ2n) is 7.10. The predicted molar refractivity (Wildman–Crippen MR) is 121 cm³/mol. The molecule has 0 saturated heterocycles. The Balaban J connectivity index is 1.39. The van der Waals surface area contributed by atoms with Gasteiger partial charge in [-0.2, -0.15) is 4.80 Å². The first-order chi connectivity index (χ1) is 16.8. The molecule has 2 aromatic carbocycles. The average Bonchev–Trinajstić information content (AvgIpc) is 3.50. The normalized spacial score (nSPS) is 10.6. The van der Waals surface area contributed by atoms with E-state index in [-0.39, 0.29) is 34.6 Å². The molecule has 0 unspecified atom stereocenters. The summed E-state index contributed by atoms with van der Waals surface area (Å²) in [7, 11) is 2.96. The molecule has 4 aromatic rings. The quantitative estimate of drug-likeness (QED) is 0.342. The van der Waals surface area contributed by atoms with Gasteiger partial charge in [0, 0.05) is 11.6 Å². The number of rotatable bonds is 6. The van der Waals surface area contributed by atoms with Crippen molar-refractivity contribution in [2.75, 3.05) is 7.11 Å². The number of aromatic nitrogens is 5. The highest BCUT2D eigenvalue weighted by atomic mass is 35.5. The van der Waals surface area contributed by atoms with Crippen LogP contribution in [0.25, 0.3) is 22.5 Å². The van der Waals surface area contributed by atoms with Gasteiger partial charge in [0.15, 0.2) is 0 Å². The fraction of sp³-hybridized carbons (Fsp3) is 0.143. The summed E-state index contributed by atoms with van der Waals surface area (Å²) < 4.78 is 24.3. The molecule has 0 spiro atoms. The highest BCUT2D eigenvalue weighted by molar-refractivity contribution is 6.31. The number of hydrogen-bond acceptors (Lipinski definition) is 8. The largest absolute Gasteiger partial charge is 0.479 e. The highest BCUT2D eigenvalue weighted by Gasteiger charge is 2.19. The van der Waals surface area contributed by atoms with Crippen LogP contribution in [0.15, 0.2) is 47.0 Å². The van der Waals surface area contributed by atoms with Crippen molar-refractivity contribution in [2.45, 2.75) is 6.54 Å². The summed E-state index contributed by atoms with van der Waals surface area (Å²) in [6.07, 6.45) is 0. The maximum absolute atomic E-state index is 14.7. The number of ether oxygens (including phenoxy) is 1. The van der Waals surface area contributed by atoms with Crippen LogP contribution in [0.2, 0.25) is 5.02 Å². The van der Waals surface area contributed by atoms with Crippen LogP contribution >= 0.6 is 11.6 Å². The number of nitrogens with one attached hydrogen (secondary N) is 3. The Labute approximate surface area is 202 Å². The highest BCUT2D eigenvalue weighted by Crippen LogP contribution is 2.35. The van der Waals surface area contributed by atoms with Gasteiger partial charge in [-0.3, -0.25) is 10.2 Å². The number of aryl methyl sites for hydroxylation is 1. The van der Waals surface area contributed by atoms with E-state index in [2.05, 4.69) is 36.7 Å². The zero-order valence-corrected chi connectivity index (χ0v) is 19.1. The third-order valence-corrected chi connectivity index (χ3v) is 4.93. The maximum atomic E-state index is 14.7. The number of halogens is 2. The molecule has 180 valence electrons. The molecular weight excluding hydrogens is 483 g/mol. The Bertz CT molecular complexity index is 1370. The maximum Gasteiger partial charge on any atom is 0.333 e. The summed E-state index contributed by atoms with van der Waals surface area (Å²) in [6.45, 7) is 0.153. The number of amides is 3. The Morgan fingerprint density at radius 3 is 2.60 bits per heavy atom. The van der Waals surface area contributed by atoms with E-state index in [1.165, 1.54) is 24.0 Å². The second kappa shape index (κ2) is 10.2. The van der Waals surface area contributed by atoms with Gasteiger partial charge in [-0.05, 0) is 39.2 Å². The van der Waals surface area contributed by atoms with Crippen molar-refractivity contribution in [3.05, 3.63) is 64.6 Å². The monoisotopic (exact) mass is 500 g/mol. The molecule has 2 aromatic heterocycles. The molecule has 4 rings (SSSR count). The molecular formula is C21H18ClFN8O4. The van der Waals surface area contributed by atoms with Gasteiger partial charge in [-0.1, -0.05) is 35.9 Å². The Kier molecular flexibility index (Phi) is 6.87. The zero-order chi connectivity index (χ0) is 24.9. The molecule has 35 heavy (non-hydrogen) atoms. The number of benzene rings is 2. The molecule has 0 aliphatic rings. The van der Waals surface area contributed by atoms with E-state index in [9.17, 15) is 14.0 Å². The van der Waals surface area contributed by atoms with Crippen molar-refractivity contribution in [1.29, 1.82) is 0 Å². The summed E-state index contributed by atoms with van der Waals surface area (Å²) in [4.78, 5) is 25.1. The van der Waals surface area contributed by atoms with Crippen molar-refractivity contribution in [1.82, 2.24) is 41.5 Å². The first-order valence-electron chi connectivity index (χ1n) is 10.0. The summed E-state index contributed by atoms with van der Waals surface area (Å²) in [5.74, 6) is -1.16. The molecule has 0 bridgehead atoms. The summed E-state index contributed by atoms with van der Waals surface area (Å²) in [6, 6.07) is 10.4. The van der Waals surface area contributed by atoms with Crippen LogP contribution in [0.5, 0.6) is 5.88 Å². The van der Waals surface area contributed by atoms with Gasteiger partial charge in [0.25, 0.3) is 5.88 Å². The SMILES string of the molecule is COc1cc(C(=O)NNC(=O)NCc2ccc(-c3cc(Cl)cc(F)c3-c3nnn(C)n3)cc2)on1. The van der Waals surface area contributed by atoms with Crippen LogP contribution in [0.4, 0.5) is 9.18 Å². The molecule has 0 radical (unpaired) electrons. The van der Waals surface area contributed by atoms with Crippen molar-refractivity contribution >= 4 is 23.5 Å². The fourth-order valence-electron chi connectivity index (χ4n) is 3.08. The van der Waals surface area contributed by atoms with E-state index in [1.807, 2.05) is 0 Å². The first-order valence-corrected chi connectivity index (χ1v) is 10.4. The van der Waals surface area contributed by atoms with Crippen LogP contribution in [-0.4, -0.2) is 44.4 Å². The lowest BCUT2D eigenvalue weighted by atomic mass is 9.97. The standard InChI is InChI=1S/C21H18ClFN8O4/c1-31-28-19(25-30-31)18-14(7-13(22)8-15(18)23)12-5-3-11(4-6-12)10-24-21(33)27-26-20(32)16-9-17(34-2)29-35-16/h3-9H,10H2,1-2H3,(H,26,32)(H2,24,27,33). The molecule has 3 N–H and O–H groups in total. The molecule has 0 atom stereocenters. The van der Waals surface area contributed by atoms with E-state index in [0.29, 0.717) is 11.1 Å². The van der Waals surface area contributed by atoms with Gasteiger partial charge in [-0.25, -0.2) is 14.6 Å². The minimum absolute atomic E-state index is 0.128. The van der Waals surface area contributed by atoms with Gasteiger partial charge in [-0.15, -0.1) is 10.2 Å². The predicted octanol–water partition coefficient (Wildman–Crippen LogP) is 2.48. The van der Waals surface area contributed by atoms with E-state index < -0.39 is 17.8 Å². The van der Waals surface area contributed by atoms with Crippen LogP contribution in [-0.2, 0) is 13.6 Å². The number of carbonyl (C=O) groups excluding carboxylic acids is 2. The summed E-state index contributed by atoms with van der Waals surface area (Å²) in [5.41, 5.74) is 6.46. The molecule has 2 heterocycles. The minimum atomic E-state index is -0.706. The van der Waals surface area contributed by atoms with Gasteiger partial charge in [0.2, 0.25) is 11.6 Å². The van der Waals surface area contributed by atoms with Crippen molar-refractivity contribution in [3.63, 3.8) is 0 Å². The molecule has 14 heteroatoms. The third-order valence-electron chi connectivity index (χ3n) is 4.72. The van der Waals surface area contributed by atoms with Gasteiger partial charge in [0.05, 0.1) is 25.8 Å². The van der Waals surface area contributed by atoms with Crippen molar-refractivity contribution < 1.29 is 23.2 Å². The topological polar surface area (TPSA) is 149 Å². The van der Waals surface area contributed by atoms with E-state index >= 15 is 0 Å². The molecule has 0 saturated carbocycles. The molecule has 0 fully saturated rings. The summed E-state index contributed by atoms with van der Waals surface area (Å²) in [5, 5.41) is 18.1. The fourth-order valence-corrected chi connectivity index (χ4v) is 3.28. The van der Waals surface area contributed by atoms with Crippen LogP contribution in [0, 0.1) is 5.82 Å². The number of methoxy groups -OCH3 is 1. The summed E-state index contributed by atoms with van der Waals surface area (Å²) >= 11 is 6.08. The Morgan fingerprint density at radius 1 is 1.17 bits per heavy atom. The van der Waals surface area contributed by atoms with Crippen LogP contribution in [0.3, 0.4) is 0 Å². The lowest BCUT2D eigenvalue weighted by Crippen LogP contribution is -2.46. The van der Waals surface area contributed by atoms with Crippen molar-refractivity contribution in [3.8, 4) is 28.4 Å². The molecule has 0 aliphatic carbocycles. The number of tetrazole rings is 1. The smallest absolute Gasteiger partial charge is 0.333 e. The number of nitrogens with zero attached hydrogens (tertiary/aromatic N) is 5. The number of hydrogen-bond donors (Lipinski definition) is 3. The van der Waals surface area contributed by atoms with Crippen LogP contribution in [0.1, 0.15) is 16.1 Å². The van der Waals surface area contributed by atoms with Gasteiger partial charge >= 0.3 is 11.9 Å². The molecule has 3 amide bonds. The number of carbonyl (C=O) groups is 2. The van der Waals surface area contributed by atoms with Gasteiger partial charge < -0.3 is 14.6 Å². The number of urea groups is 1. The molecule has 0 aliphatic heterocycles. The molecule has 12 nitrogen and oxygen atoms in total. The van der Waals surface area contributed by atoms with Crippen LogP contribution < -0.4 is 20.9 Å². The Hall–Kier alpha value is -4.52. The first kappa shape index (κ1) is 23.6. The average molecular weight is 501 g/mol.